The van der Waals surface area contributed by atoms with E-state index in [0.717, 1.165) is 24.3 Å². The molecule has 0 unspecified atom stereocenters. The third-order valence-electron chi connectivity index (χ3n) is 5.31. The van der Waals surface area contributed by atoms with Crippen molar-refractivity contribution in [1.29, 1.82) is 0 Å². The van der Waals surface area contributed by atoms with Crippen LogP contribution in [0.1, 0.15) is 37.6 Å². The van der Waals surface area contributed by atoms with Crippen LogP contribution in [0.5, 0.6) is 5.75 Å². The Morgan fingerprint density at radius 3 is 2.24 bits per heavy atom. The molecule has 0 spiro atoms. The first-order valence-electron chi connectivity index (χ1n) is 11.0. The number of alkyl halides is 4. The molecule has 0 fully saturated rings. The molecule has 0 saturated carbocycles. The fourth-order valence-corrected chi connectivity index (χ4v) is 4.48. The van der Waals surface area contributed by atoms with Crippen molar-refractivity contribution in [3.63, 3.8) is 0 Å². The maximum atomic E-state index is 14.8. The van der Waals surface area contributed by atoms with E-state index in [1.807, 2.05) is 0 Å². The largest absolute Gasteiger partial charge is 0.598 e. The number of pyridine rings is 1. The Hall–Kier alpha value is -2.54. The molecule has 4 nitrogen and oxygen atoms in total. The van der Waals surface area contributed by atoms with Gasteiger partial charge >= 0.3 is 12.5 Å². The van der Waals surface area contributed by atoms with Gasteiger partial charge in [-0.05, 0) is 68.3 Å². The van der Waals surface area contributed by atoms with Gasteiger partial charge in [-0.1, -0.05) is 17.7 Å². The summed E-state index contributed by atoms with van der Waals surface area (Å²) in [7, 11) is 0. The van der Waals surface area contributed by atoms with Crippen molar-refractivity contribution in [2.75, 3.05) is 0 Å². The highest BCUT2D eigenvalue weighted by Gasteiger charge is 2.46. The highest BCUT2D eigenvalue weighted by Crippen LogP contribution is 2.39. The second kappa shape index (κ2) is 11.3. The summed E-state index contributed by atoms with van der Waals surface area (Å²) in [6, 6.07) is 7.86. The normalized spacial score (nSPS) is 14.9. The van der Waals surface area contributed by atoms with Gasteiger partial charge in [-0.3, -0.25) is 4.98 Å². The van der Waals surface area contributed by atoms with E-state index < -0.39 is 57.4 Å². The molecule has 1 N–H and O–H groups in total. The highest BCUT2D eigenvalue weighted by atomic mass is 35.5. The first-order valence-corrected chi connectivity index (χ1v) is 12.5. The zero-order valence-corrected chi connectivity index (χ0v) is 21.7. The van der Waals surface area contributed by atoms with E-state index >= 15 is 0 Å². The molecular weight excluding hydrogens is 561 g/mol. The Morgan fingerprint density at radius 1 is 1.00 bits per heavy atom. The van der Waals surface area contributed by atoms with Gasteiger partial charge in [0, 0.05) is 30.0 Å². The van der Waals surface area contributed by atoms with Crippen LogP contribution in [0.2, 0.25) is 5.02 Å². The predicted octanol–water partition coefficient (Wildman–Crippen LogP) is 6.93. The second-order valence-electron chi connectivity index (χ2n) is 9.32. The molecule has 0 bridgehead atoms. The minimum absolute atomic E-state index is 0.0291. The zero-order chi connectivity index (χ0) is 28.5. The molecule has 0 amide bonds. The summed E-state index contributed by atoms with van der Waals surface area (Å²) in [5.41, 5.74) is -1.95. The summed E-state index contributed by atoms with van der Waals surface area (Å²) in [6.45, 7) is 4.82. The smallest absolute Gasteiger partial charge is 0.461 e. The SMILES string of the molecule is CC(C)(C)[S@+]([O-])N[C@@](Cc1ccc(F)c(F)c1)(c1cc(F)cc(OC(F)(F)C(F)F)c1)c1ccc(Cl)cn1. The van der Waals surface area contributed by atoms with Crippen molar-refractivity contribution in [3.8, 4) is 5.75 Å². The van der Waals surface area contributed by atoms with E-state index in [-0.39, 0.29) is 28.3 Å². The Morgan fingerprint density at radius 2 is 1.68 bits per heavy atom. The molecule has 1 aromatic heterocycles. The average molecular weight is 583 g/mol. The van der Waals surface area contributed by atoms with E-state index in [1.165, 1.54) is 24.4 Å². The highest BCUT2D eigenvalue weighted by molar-refractivity contribution is 7.90. The van der Waals surface area contributed by atoms with Gasteiger partial charge < -0.3 is 9.29 Å². The van der Waals surface area contributed by atoms with Gasteiger partial charge in [0.05, 0.1) is 10.7 Å². The summed E-state index contributed by atoms with van der Waals surface area (Å²) >= 11 is 4.01. The van der Waals surface area contributed by atoms with E-state index in [4.69, 9.17) is 11.6 Å². The van der Waals surface area contributed by atoms with Gasteiger partial charge in [0.15, 0.2) is 11.6 Å². The predicted molar refractivity (Wildman–Crippen MR) is 129 cm³/mol. The zero-order valence-electron chi connectivity index (χ0n) is 20.2. The third kappa shape index (κ3) is 6.90. The average Bonchev–Trinajstić information content (AvgIpc) is 2.80. The number of hydrogen-bond donors (Lipinski definition) is 1. The summed E-state index contributed by atoms with van der Waals surface area (Å²) in [5.74, 6) is -4.48. The van der Waals surface area contributed by atoms with Crippen LogP contribution in [-0.2, 0) is 23.3 Å². The fraction of sp³-hybridized carbons (Fsp3) is 0.320. The lowest BCUT2D eigenvalue weighted by Crippen LogP contribution is -2.53. The van der Waals surface area contributed by atoms with Crippen LogP contribution in [0.25, 0.3) is 0 Å². The van der Waals surface area contributed by atoms with Crippen molar-refractivity contribution in [2.45, 2.75) is 50.0 Å². The molecule has 2 aromatic carbocycles. The lowest BCUT2D eigenvalue weighted by atomic mass is 9.81. The molecule has 0 aliphatic carbocycles. The van der Waals surface area contributed by atoms with Crippen LogP contribution >= 0.6 is 11.6 Å². The Kier molecular flexibility index (Phi) is 8.91. The Balaban J connectivity index is 2.31. The summed E-state index contributed by atoms with van der Waals surface area (Å²) in [4.78, 5) is 4.23. The molecule has 13 heteroatoms. The van der Waals surface area contributed by atoms with Crippen LogP contribution in [0, 0.1) is 17.5 Å². The third-order valence-corrected chi connectivity index (χ3v) is 7.18. The Bertz CT molecular complexity index is 1280. The van der Waals surface area contributed by atoms with Crippen molar-refractivity contribution in [1.82, 2.24) is 9.71 Å². The van der Waals surface area contributed by atoms with Gasteiger partial charge in [-0.15, -0.1) is 4.72 Å². The number of benzene rings is 2. The monoisotopic (exact) mass is 582 g/mol. The molecule has 0 aliphatic rings. The number of hydrogen-bond acceptors (Lipinski definition) is 4. The van der Waals surface area contributed by atoms with Crippen molar-refractivity contribution in [3.05, 3.63) is 94.0 Å². The maximum absolute atomic E-state index is 14.8. The lowest BCUT2D eigenvalue weighted by Gasteiger charge is -2.38. The molecule has 0 aliphatic heterocycles. The summed E-state index contributed by atoms with van der Waals surface area (Å²) in [6.07, 6.45) is -8.33. The summed E-state index contributed by atoms with van der Waals surface area (Å²) < 4.78 is 115. The van der Waals surface area contributed by atoms with Crippen molar-refractivity contribution >= 4 is 23.0 Å². The van der Waals surface area contributed by atoms with Crippen molar-refractivity contribution < 1.29 is 40.0 Å². The first kappa shape index (κ1) is 30.0. The van der Waals surface area contributed by atoms with E-state index in [1.54, 1.807) is 20.8 Å². The number of ether oxygens (including phenoxy) is 1. The van der Waals surface area contributed by atoms with E-state index in [0.29, 0.717) is 6.07 Å². The van der Waals surface area contributed by atoms with E-state index in [9.17, 15) is 35.3 Å². The number of halogens is 8. The van der Waals surface area contributed by atoms with Gasteiger partial charge in [0.25, 0.3) is 0 Å². The molecule has 3 aromatic rings. The molecular formula is C25H22ClF7N2O2S. The molecule has 2 atom stereocenters. The fourth-order valence-electron chi connectivity index (χ4n) is 3.45. The van der Waals surface area contributed by atoms with Crippen LogP contribution in [0.4, 0.5) is 30.7 Å². The number of aromatic nitrogens is 1. The number of nitrogens with zero attached hydrogens (tertiary/aromatic N) is 1. The van der Waals surface area contributed by atoms with Crippen LogP contribution in [-0.4, -0.2) is 26.8 Å². The standard InChI is InChI=1S/C25H22ClF7N2O2S/c1-23(2,3)38(36)35-24(21-7-5-16(26)13-34-21,12-14-4-6-19(28)20(29)8-14)15-9-17(27)11-18(10-15)37-25(32,33)22(30)31/h4-11,13,22,35H,12H2,1-3H3/t24-,38-/m0/s1. The Labute approximate surface area is 222 Å². The van der Waals surface area contributed by atoms with Crippen LogP contribution < -0.4 is 9.46 Å². The molecule has 0 saturated heterocycles. The molecule has 1 heterocycles. The van der Waals surface area contributed by atoms with Gasteiger partial charge in [0.2, 0.25) is 0 Å². The van der Waals surface area contributed by atoms with E-state index in [2.05, 4.69) is 14.4 Å². The quantitative estimate of drug-likeness (QED) is 0.220. The number of rotatable bonds is 9. The summed E-state index contributed by atoms with van der Waals surface area (Å²) in [5, 5.41) is 0.187. The molecule has 206 valence electrons. The minimum atomic E-state index is -4.95. The maximum Gasteiger partial charge on any atom is 0.461 e. The van der Waals surface area contributed by atoms with Crippen LogP contribution in [0.15, 0.2) is 54.7 Å². The number of nitrogens with one attached hydrogen (secondary N) is 1. The van der Waals surface area contributed by atoms with Gasteiger partial charge in [0.1, 0.15) is 21.9 Å². The topological polar surface area (TPSA) is 57.2 Å². The van der Waals surface area contributed by atoms with Gasteiger partial charge in [-0.25, -0.2) is 13.2 Å². The first-order chi connectivity index (χ1) is 17.5. The lowest BCUT2D eigenvalue weighted by molar-refractivity contribution is -0.253. The van der Waals surface area contributed by atoms with Crippen molar-refractivity contribution in [2.24, 2.45) is 0 Å². The minimum Gasteiger partial charge on any atom is -0.598 e. The molecule has 3 rings (SSSR count). The molecule has 0 radical (unpaired) electrons. The van der Waals surface area contributed by atoms with Crippen LogP contribution in [0.3, 0.4) is 0 Å². The second-order valence-corrected chi connectivity index (χ2v) is 11.7. The molecule has 38 heavy (non-hydrogen) atoms. The van der Waals surface area contributed by atoms with Gasteiger partial charge in [-0.2, -0.15) is 17.6 Å².